The summed E-state index contributed by atoms with van der Waals surface area (Å²) in [6.07, 6.45) is 1.24. The standard InChI is InChI=1S/C21H18O6/c1-24-19-9-15-13(5-6-22)14(8-17(23)16(15)10-20(19)25-2)12-3-4-18-21(7-12)27-11-26-18/h3-4,6-7,9-10H,5,8,11H2,1-2H3. The number of hydrogen-bond acceptors (Lipinski definition) is 6. The Labute approximate surface area is 156 Å². The van der Waals surface area contributed by atoms with Crippen LogP contribution in [0.15, 0.2) is 30.3 Å². The summed E-state index contributed by atoms with van der Waals surface area (Å²) < 4.78 is 21.5. The van der Waals surface area contributed by atoms with E-state index in [0.717, 1.165) is 23.0 Å². The summed E-state index contributed by atoms with van der Waals surface area (Å²) in [6.45, 7) is 0.178. The summed E-state index contributed by atoms with van der Waals surface area (Å²) in [4.78, 5) is 24.2. The zero-order chi connectivity index (χ0) is 19.0. The molecule has 2 aromatic rings. The quantitative estimate of drug-likeness (QED) is 0.754. The Morgan fingerprint density at radius 1 is 1.00 bits per heavy atom. The van der Waals surface area contributed by atoms with Crippen LogP contribution in [0.4, 0.5) is 0 Å². The fraction of sp³-hybridized carbons (Fsp3) is 0.238. The van der Waals surface area contributed by atoms with Crippen molar-refractivity contribution >= 4 is 23.2 Å². The number of methoxy groups -OCH3 is 2. The van der Waals surface area contributed by atoms with Crippen molar-refractivity contribution in [3.05, 3.63) is 47.0 Å². The third kappa shape index (κ3) is 2.83. The van der Waals surface area contributed by atoms with Crippen molar-refractivity contribution in [3.63, 3.8) is 0 Å². The first-order chi connectivity index (χ1) is 13.2. The van der Waals surface area contributed by atoms with Crippen LogP contribution >= 0.6 is 0 Å². The highest BCUT2D eigenvalue weighted by atomic mass is 16.7. The minimum atomic E-state index is -0.0340. The summed E-state index contributed by atoms with van der Waals surface area (Å²) in [6, 6.07) is 8.99. The maximum atomic E-state index is 12.8. The Balaban J connectivity index is 1.92. The number of aldehydes is 1. The van der Waals surface area contributed by atoms with E-state index in [2.05, 4.69) is 0 Å². The molecule has 0 atom stereocenters. The first-order valence-corrected chi connectivity index (χ1v) is 8.51. The molecule has 2 aliphatic rings. The number of benzene rings is 2. The normalized spacial score (nSPS) is 14.8. The van der Waals surface area contributed by atoms with Crippen molar-refractivity contribution < 1.29 is 28.5 Å². The predicted molar refractivity (Wildman–Crippen MR) is 98.6 cm³/mol. The van der Waals surface area contributed by atoms with Crippen molar-refractivity contribution in [2.24, 2.45) is 0 Å². The average molecular weight is 366 g/mol. The van der Waals surface area contributed by atoms with Gasteiger partial charge in [-0.25, -0.2) is 0 Å². The molecule has 0 amide bonds. The lowest BCUT2D eigenvalue weighted by Crippen LogP contribution is -2.13. The van der Waals surface area contributed by atoms with Gasteiger partial charge in [-0.1, -0.05) is 6.07 Å². The maximum absolute atomic E-state index is 12.8. The number of carbonyl (C=O) groups is 2. The van der Waals surface area contributed by atoms with Crippen molar-refractivity contribution in [1.82, 2.24) is 0 Å². The average Bonchev–Trinajstić information content (AvgIpc) is 3.16. The Morgan fingerprint density at radius 3 is 2.41 bits per heavy atom. The van der Waals surface area contributed by atoms with E-state index in [1.807, 2.05) is 18.2 Å². The van der Waals surface area contributed by atoms with E-state index >= 15 is 0 Å². The zero-order valence-electron chi connectivity index (χ0n) is 15.0. The van der Waals surface area contributed by atoms with Crippen molar-refractivity contribution in [1.29, 1.82) is 0 Å². The highest BCUT2D eigenvalue weighted by Gasteiger charge is 2.28. The van der Waals surface area contributed by atoms with E-state index in [4.69, 9.17) is 18.9 Å². The SMILES string of the molecule is COc1cc2c(cc1OC)C(CC=O)=C(c1ccc3c(c1)OCO3)CC2=O. The van der Waals surface area contributed by atoms with Crippen LogP contribution < -0.4 is 18.9 Å². The van der Waals surface area contributed by atoms with E-state index in [-0.39, 0.29) is 25.4 Å². The third-order valence-electron chi connectivity index (χ3n) is 4.86. The molecule has 1 aliphatic heterocycles. The van der Waals surface area contributed by atoms with Gasteiger partial charge in [-0.2, -0.15) is 0 Å². The summed E-state index contributed by atoms with van der Waals surface area (Å²) in [5, 5.41) is 0. The van der Waals surface area contributed by atoms with Gasteiger partial charge in [0.15, 0.2) is 28.8 Å². The van der Waals surface area contributed by atoms with Gasteiger partial charge < -0.3 is 23.7 Å². The first kappa shape index (κ1) is 17.1. The number of Topliss-reactive ketones (excluding diaryl/α,β-unsaturated/α-hetero) is 1. The van der Waals surface area contributed by atoms with Gasteiger partial charge in [-0.15, -0.1) is 0 Å². The molecule has 0 saturated heterocycles. The van der Waals surface area contributed by atoms with Crippen molar-refractivity contribution in [2.45, 2.75) is 12.8 Å². The number of rotatable bonds is 5. The van der Waals surface area contributed by atoms with E-state index in [9.17, 15) is 9.59 Å². The largest absolute Gasteiger partial charge is 0.493 e. The van der Waals surface area contributed by atoms with Gasteiger partial charge in [0.05, 0.1) is 14.2 Å². The molecule has 0 aromatic heterocycles. The molecule has 0 bridgehead atoms. The second-order valence-electron chi connectivity index (χ2n) is 6.25. The van der Waals surface area contributed by atoms with Crippen LogP contribution in [0.5, 0.6) is 23.0 Å². The smallest absolute Gasteiger partial charge is 0.231 e. The Bertz CT molecular complexity index is 973. The molecule has 27 heavy (non-hydrogen) atoms. The van der Waals surface area contributed by atoms with Crippen molar-refractivity contribution in [2.75, 3.05) is 21.0 Å². The minimum absolute atomic E-state index is 0.0340. The van der Waals surface area contributed by atoms with Gasteiger partial charge in [0.25, 0.3) is 0 Å². The second kappa shape index (κ2) is 6.79. The van der Waals surface area contributed by atoms with Gasteiger partial charge in [0, 0.05) is 18.4 Å². The topological polar surface area (TPSA) is 71.1 Å². The molecule has 0 saturated carbocycles. The summed E-state index contributed by atoms with van der Waals surface area (Å²) in [7, 11) is 3.06. The van der Waals surface area contributed by atoms with Crippen LogP contribution in [0.25, 0.3) is 11.1 Å². The fourth-order valence-corrected chi connectivity index (χ4v) is 3.56. The third-order valence-corrected chi connectivity index (χ3v) is 4.86. The summed E-state index contributed by atoms with van der Waals surface area (Å²) >= 11 is 0. The molecule has 6 nitrogen and oxygen atoms in total. The predicted octanol–water partition coefficient (Wildman–Crippen LogP) is 3.52. The van der Waals surface area contributed by atoms with Crippen LogP contribution in [0.2, 0.25) is 0 Å². The monoisotopic (exact) mass is 366 g/mol. The minimum Gasteiger partial charge on any atom is -0.493 e. The van der Waals surface area contributed by atoms with Gasteiger partial charge >= 0.3 is 0 Å². The maximum Gasteiger partial charge on any atom is 0.231 e. The lowest BCUT2D eigenvalue weighted by Gasteiger charge is -2.24. The molecule has 0 unspecified atom stereocenters. The number of allylic oxidation sites excluding steroid dienone is 2. The number of fused-ring (bicyclic) bond motifs is 2. The molecule has 1 aliphatic carbocycles. The molecule has 138 valence electrons. The van der Waals surface area contributed by atoms with Gasteiger partial charge in [0.1, 0.15) is 6.29 Å². The fourth-order valence-electron chi connectivity index (χ4n) is 3.56. The van der Waals surface area contributed by atoms with E-state index in [1.54, 1.807) is 12.1 Å². The number of hydrogen-bond donors (Lipinski definition) is 0. The lowest BCUT2D eigenvalue weighted by atomic mass is 9.80. The Kier molecular flexibility index (Phi) is 4.32. The Morgan fingerprint density at radius 2 is 1.70 bits per heavy atom. The van der Waals surface area contributed by atoms with Gasteiger partial charge in [-0.05, 0) is 46.5 Å². The number of ketones is 1. The van der Waals surface area contributed by atoms with Gasteiger partial charge in [-0.3, -0.25) is 4.79 Å². The summed E-state index contributed by atoms with van der Waals surface area (Å²) in [5.41, 5.74) is 3.69. The zero-order valence-corrected chi connectivity index (χ0v) is 15.0. The molecule has 0 fully saturated rings. The number of ether oxygens (including phenoxy) is 4. The first-order valence-electron chi connectivity index (χ1n) is 8.51. The number of carbonyl (C=O) groups excluding carboxylic acids is 2. The van der Waals surface area contributed by atoms with Crippen LogP contribution in [-0.4, -0.2) is 33.1 Å². The molecule has 1 heterocycles. The van der Waals surface area contributed by atoms with Crippen LogP contribution in [-0.2, 0) is 4.79 Å². The molecule has 2 aromatic carbocycles. The molecular formula is C21H18O6. The van der Waals surface area contributed by atoms with Crippen LogP contribution in [0, 0.1) is 0 Å². The highest BCUT2D eigenvalue weighted by Crippen LogP contribution is 2.44. The summed E-state index contributed by atoms with van der Waals surface area (Å²) in [5.74, 6) is 2.27. The molecule has 6 heteroatoms. The second-order valence-corrected chi connectivity index (χ2v) is 6.25. The highest BCUT2D eigenvalue weighted by molar-refractivity contribution is 6.16. The van der Waals surface area contributed by atoms with E-state index in [1.165, 1.54) is 14.2 Å². The molecule has 0 radical (unpaired) electrons. The van der Waals surface area contributed by atoms with E-state index in [0.29, 0.717) is 34.1 Å². The van der Waals surface area contributed by atoms with Gasteiger partial charge in [0.2, 0.25) is 6.79 Å². The van der Waals surface area contributed by atoms with Crippen LogP contribution in [0.3, 0.4) is 0 Å². The van der Waals surface area contributed by atoms with E-state index < -0.39 is 0 Å². The molecular weight excluding hydrogens is 348 g/mol. The van der Waals surface area contributed by atoms with Crippen molar-refractivity contribution in [3.8, 4) is 23.0 Å². The molecule has 4 rings (SSSR count). The Hall–Kier alpha value is -3.28. The van der Waals surface area contributed by atoms with Crippen LogP contribution in [0.1, 0.15) is 34.3 Å². The molecule has 0 N–H and O–H groups in total. The molecule has 0 spiro atoms. The lowest BCUT2D eigenvalue weighted by molar-refractivity contribution is -0.107.